The number of anilines is 1. The molecule has 0 fully saturated rings. The van der Waals surface area contributed by atoms with E-state index in [0.717, 1.165) is 22.3 Å². The largest absolute Gasteiger partial charge is 0.277 e. The van der Waals surface area contributed by atoms with Crippen LogP contribution < -0.4 is 4.72 Å². The Hall–Kier alpha value is -3.34. The van der Waals surface area contributed by atoms with E-state index in [1.165, 1.54) is 18.5 Å². The number of halogens is 2. The van der Waals surface area contributed by atoms with Gasteiger partial charge in [0.1, 0.15) is 4.90 Å². The lowest BCUT2D eigenvalue weighted by atomic mass is 10.2. The van der Waals surface area contributed by atoms with Gasteiger partial charge in [-0.1, -0.05) is 12.1 Å². The fourth-order valence-electron chi connectivity index (χ4n) is 2.93. The molecule has 29 heavy (non-hydrogen) atoms. The van der Waals surface area contributed by atoms with Crippen LogP contribution in [-0.2, 0) is 16.6 Å². The van der Waals surface area contributed by atoms with Gasteiger partial charge in [-0.15, -0.1) is 0 Å². The standard InChI is InChI=1S/C18H16F2N6O2S/c1-2-25-17-13(9-22-25)4-3-5-15(17)24-29(27,28)14-10-23-26(11-14)16-8-12(18(19)20)6-7-21-16/h3-11,18,24H,2H2,1H3. The molecule has 0 atom stereocenters. The Labute approximate surface area is 164 Å². The molecule has 0 saturated heterocycles. The topological polar surface area (TPSA) is 94.7 Å². The molecule has 0 unspecified atom stereocenters. The fraction of sp³-hybridized carbons (Fsp3) is 0.167. The smallest absolute Gasteiger partial charge is 0.265 e. The number of alkyl halides is 2. The highest BCUT2D eigenvalue weighted by Crippen LogP contribution is 2.26. The average molecular weight is 418 g/mol. The van der Waals surface area contributed by atoms with Gasteiger partial charge in [0.2, 0.25) is 0 Å². The lowest BCUT2D eigenvalue weighted by molar-refractivity contribution is 0.151. The van der Waals surface area contributed by atoms with Gasteiger partial charge < -0.3 is 0 Å². The highest BCUT2D eigenvalue weighted by molar-refractivity contribution is 7.92. The number of nitrogens with one attached hydrogen (secondary N) is 1. The molecule has 8 nitrogen and oxygen atoms in total. The Morgan fingerprint density at radius 3 is 2.76 bits per heavy atom. The maximum Gasteiger partial charge on any atom is 0.265 e. The number of fused-ring (bicyclic) bond motifs is 1. The Bertz CT molecular complexity index is 1280. The van der Waals surface area contributed by atoms with Crippen LogP contribution in [0.15, 0.2) is 60.0 Å². The Balaban J connectivity index is 1.68. The summed E-state index contributed by atoms with van der Waals surface area (Å²) >= 11 is 0. The van der Waals surface area contributed by atoms with Crippen LogP contribution in [0.5, 0.6) is 0 Å². The Kier molecular flexibility index (Phi) is 4.74. The SMILES string of the molecule is CCn1ncc2cccc(NS(=O)(=O)c3cnn(-c4cc(C(F)F)ccn4)c3)c21. The van der Waals surface area contributed by atoms with Crippen LogP contribution in [0.4, 0.5) is 14.5 Å². The fourth-order valence-corrected chi connectivity index (χ4v) is 3.93. The van der Waals surface area contributed by atoms with Crippen molar-refractivity contribution >= 4 is 26.6 Å². The molecule has 1 aromatic carbocycles. The lowest BCUT2D eigenvalue weighted by Gasteiger charge is -2.09. The normalized spacial score (nSPS) is 12.0. The number of hydrogen-bond acceptors (Lipinski definition) is 5. The third-order valence-electron chi connectivity index (χ3n) is 4.33. The van der Waals surface area contributed by atoms with E-state index < -0.39 is 16.4 Å². The molecule has 1 N–H and O–H groups in total. The second-order valence-electron chi connectivity index (χ2n) is 6.18. The molecule has 0 aliphatic carbocycles. The molecule has 3 heterocycles. The van der Waals surface area contributed by atoms with Gasteiger partial charge >= 0.3 is 0 Å². The van der Waals surface area contributed by atoms with Crippen LogP contribution in [-0.4, -0.2) is 33.0 Å². The summed E-state index contributed by atoms with van der Waals surface area (Å²) in [7, 11) is -3.97. The van der Waals surface area contributed by atoms with Crippen molar-refractivity contribution in [1.82, 2.24) is 24.5 Å². The van der Waals surface area contributed by atoms with E-state index in [4.69, 9.17) is 0 Å². The van der Waals surface area contributed by atoms with Gasteiger partial charge in [0.05, 0.1) is 29.8 Å². The molecule has 0 bridgehead atoms. The molecule has 150 valence electrons. The number of pyridine rings is 1. The number of aryl methyl sites for hydroxylation is 1. The third kappa shape index (κ3) is 3.56. The van der Waals surface area contributed by atoms with E-state index in [2.05, 4.69) is 19.9 Å². The Morgan fingerprint density at radius 2 is 2.00 bits per heavy atom. The molecular weight excluding hydrogens is 402 g/mol. The zero-order valence-electron chi connectivity index (χ0n) is 15.2. The van der Waals surface area contributed by atoms with Crippen molar-refractivity contribution in [3.05, 3.63) is 60.7 Å². The first kappa shape index (κ1) is 19.0. The summed E-state index contributed by atoms with van der Waals surface area (Å²) in [5.74, 6) is 0.0930. The number of rotatable bonds is 6. The summed E-state index contributed by atoms with van der Waals surface area (Å²) in [6, 6.07) is 7.55. The van der Waals surface area contributed by atoms with Crippen molar-refractivity contribution < 1.29 is 17.2 Å². The summed E-state index contributed by atoms with van der Waals surface area (Å²) in [5, 5.41) is 8.99. The van der Waals surface area contributed by atoms with Crippen molar-refractivity contribution in [3.63, 3.8) is 0 Å². The first-order valence-electron chi connectivity index (χ1n) is 8.65. The number of nitrogens with zero attached hydrogens (tertiary/aromatic N) is 5. The van der Waals surface area contributed by atoms with Gasteiger partial charge in [0.25, 0.3) is 16.4 Å². The summed E-state index contributed by atoms with van der Waals surface area (Å²) in [4.78, 5) is 3.84. The van der Waals surface area contributed by atoms with Crippen LogP contribution in [0, 0.1) is 0 Å². The van der Waals surface area contributed by atoms with Gasteiger partial charge in [0, 0.05) is 23.7 Å². The van der Waals surface area contributed by atoms with Crippen LogP contribution >= 0.6 is 0 Å². The summed E-state index contributed by atoms with van der Waals surface area (Å²) in [5.41, 5.74) is 0.817. The third-order valence-corrected chi connectivity index (χ3v) is 5.65. The van der Waals surface area contributed by atoms with Crippen LogP contribution in [0.1, 0.15) is 18.9 Å². The van der Waals surface area contributed by atoms with E-state index >= 15 is 0 Å². The second-order valence-corrected chi connectivity index (χ2v) is 7.86. The van der Waals surface area contributed by atoms with Crippen LogP contribution in [0.25, 0.3) is 16.7 Å². The molecule has 0 saturated carbocycles. The van der Waals surface area contributed by atoms with E-state index in [9.17, 15) is 17.2 Å². The molecule has 0 aliphatic heterocycles. The van der Waals surface area contributed by atoms with E-state index in [1.807, 2.05) is 13.0 Å². The van der Waals surface area contributed by atoms with Gasteiger partial charge in [0.15, 0.2) is 5.82 Å². The Morgan fingerprint density at radius 1 is 1.17 bits per heavy atom. The molecule has 11 heteroatoms. The average Bonchev–Trinajstić information content (AvgIpc) is 3.36. The van der Waals surface area contributed by atoms with Crippen LogP contribution in [0.2, 0.25) is 0 Å². The minimum Gasteiger partial charge on any atom is -0.277 e. The molecule has 0 radical (unpaired) electrons. The monoisotopic (exact) mass is 418 g/mol. The van der Waals surface area contributed by atoms with Gasteiger partial charge in [-0.2, -0.15) is 10.2 Å². The number of benzene rings is 1. The van der Waals surface area contributed by atoms with E-state index in [-0.39, 0.29) is 16.3 Å². The molecule has 4 aromatic rings. The van der Waals surface area contributed by atoms with Crippen molar-refractivity contribution in [2.45, 2.75) is 24.8 Å². The van der Waals surface area contributed by atoms with Crippen molar-refractivity contribution in [1.29, 1.82) is 0 Å². The zero-order chi connectivity index (χ0) is 20.6. The summed E-state index contributed by atoms with van der Waals surface area (Å²) < 4.78 is 56.9. The molecular formula is C18H16F2N6O2S. The van der Waals surface area contributed by atoms with Gasteiger partial charge in [-0.25, -0.2) is 26.9 Å². The number of aromatic nitrogens is 5. The zero-order valence-corrected chi connectivity index (χ0v) is 16.0. The highest BCUT2D eigenvalue weighted by atomic mass is 32.2. The number of sulfonamides is 1. The predicted molar refractivity (Wildman–Crippen MR) is 103 cm³/mol. The van der Waals surface area contributed by atoms with Gasteiger partial charge in [-0.3, -0.25) is 9.40 Å². The minimum absolute atomic E-state index is 0.0930. The van der Waals surface area contributed by atoms with Crippen molar-refractivity contribution in [3.8, 4) is 5.82 Å². The van der Waals surface area contributed by atoms with E-state index in [1.54, 1.807) is 23.0 Å². The second kappa shape index (κ2) is 7.24. The molecule has 0 amide bonds. The highest BCUT2D eigenvalue weighted by Gasteiger charge is 2.20. The maximum atomic E-state index is 12.9. The van der Waals surface area contributed by atoms with Crippen molar-refractivity contribution in [2.24, 2.45) is 0 Å². The minimum atomic E-state index is -3.97. The van der Waals surface area contributed by atoms with Gasteiger partial charge in [-0.05, 0) is 25.1 Å². The quantitative estimate of drug-likeness (QED) is 0.518. The predicted octanol–water partition coefficient (Wildman–Crippen LogP) is 3.38. The first-order chi connectivity index (χ1) is 13.9. The summed E-state index contributed by atoms with van der Waals surface area (Å²) in [6.07, 6.45) is 2.57. The summed E-state index contributed by atoms with van der Waals surface area (Å²) in [6.45, 7) is 2.48. The lowest BCUT2D eigenvalue weighted by Crippen LogP contribution is -2.13. The number of hydrogen-bond donors (Lipinski definition) is 1. The number of para-hydroxylation sites is 1. The molecule has 4 rings (SSSR count). The van der Waals surface area contributed by atoms with Crippen molar-refractivity contribution in [2.75, 3.05) is 4.72 Å². The first-order valence-corrected chi connectivity index (χ1v) is 10.1. The molecule has 0 spiro atoms. The molecule has 0 aliphatic rings. The van der Waals surface area contributed by atoms with E-state index in [0.29, 0.717) is 17.7 Å². The van der Waals surface area contributed by atoms with Crippen LogP contribution in [0.3, 0.4) is 0 Å². The maximum absolute atomic E-state index is 12.9. The molecule has 3 aromatic heterocycles.